The van der Waals surface area contributed by atoms with Crippen molar-refractivity contribution in [3.8, 4) is 0 Å². The summed E-state index contributed by atoms with van der Waals surface area (Å²) in [6.07, 6.45) is 0.451. The Kier molecular flexibility index (Phi) is 20.0. The molecule has 0 aliphatic rings. The van der Waals surface area contributed by atoms with Crippen LogP contribution in [0.25, 0.3) is 0 Å². The number of carbonyl (C=O) groups excluding carboxylic acids is 2. The second-order valence-electron chi connectivity index (χ2n) is 2.19. The van der Waals surface area contributed by atoms with E-state index in [-0.39, 0.29) is 11.9 Å². The number of hydrogen-bond donors (Lipinski definition) is 2. The van der Waals surface area contributed by atoms with Crippen LogP contribution in [-0.2, 0) is 19.1 Å². The fourth-order valence-electron chi connectivity index (χ4n) is 0.402. The average Bonchev–Trinajstić information content (AvgIpc) is 2.29. The molecule has 0 unspecified atom stereocenters. The normalized spacial score (nSPS) is 7.22. The van der Waals surface area contributed by atoms with E-state index in [1.165, 1.54) is 0 Å². The molecular weight excluding hydrogens is 244 g/mol. The average molecular weight is 262 g/mol. The van der Waals surface area contributed by atoms with Crippen molar-refractivity contribution in [1.82, 2.24) is 0 Å². The van der Waals surface area contributed by atoms with Gasteiger partial charge in [-0.2, -0.15) is 0 Å². The van der Waals surface area contributed by atoms with E-state index in [0.717, 1.165) is 12.2 Å². The Morgan fingerprint density at radius 2 is 1.17 bits per heavy atom. The third kappa shape index (κ3) is 37.3. The van der Waals surface area contributed by atoms with Crippen LogP contribution in [0.15, 0.2) is 25.3 Å². The Labute approximate surface area is 105 Å². The monoisotopic (exact) mass is 262 g/mol. The topological polar surface area (TPSA) is 110 Å². The van der Waals surface area contributed by atoms with E-state index in [4.69, 9.17) is 15.0 Å². The smallest absolute Gasteiger partial charge is 0.463 e. The summed E-state index contributed by atoms with van der Waals surface area (Å²) in [6.45, 7) is 10.8. The van der Waals surface area contributed by atoms with Gasteiger partial charge in [0.2, 0.25) is 0 Å². The molecule has 104 valence electrons. The fourth-order valence-corrected chi connectivity index (χ4v) is 0.402. The first kappa shape index (κ1) is 21.0. The Morgan fingerprint density at radius 3 is 1.22 bits per heavy atom. The molecule has 7 heteroatoms. The van der Waals surface area contributed by atoms with Gasteiger partial charge in [-0.05, 0) is 13.8 Å². The highest BCUT2D eigenvalue weighted by molar-refractivity contribution is 5.81. The maximum Gasteiger partial charge on any atom is 0.503 e. The zero-order valence-corrected chi connectivity index (χ0v) is 10.4. The van der Waals surface area contributed by atoms with Crippen LogP contribution in [0.3, 0.4) is 0 Å². The van der Waals surface area contributed by atoms with Crippen LogP contribution >= 0.6 is 0 Å². The van der Waals surface area contributed by atoms with Gasteiger partial charge in [0.1, 0.15) is 0 Å². The van der Waals surface area contributed by atoms with Gasteiger partial charge in [-0.15, -0.1) is 0 Å². The van der Waals surface area contributed by atoms with E-state index in [1.807, 2.05) is 0 Å². The minimum atomic E-state index is -1.83. The molecule has 7 nitrogen and oxygen atoms in total. The van der Waals surface area contributed by atoms with E-state index < -0.39 is 6.16 Å². The second kappa shape index (κ2) is 17.1. The Morgan fingerprint density at radius 1 is 0.944 bits per heavy atom. The van der Waals surface area contributed by atoms with Crippen molar-refractivity contribution in [3.63, 3.8) is 0 Å². The van der Waals surface area contributed by atoms with Crippen LogP contribution in [0.5, 0.6) is 0 Å². The molecule has 18 heavy (non-hydrogen) atoms. The first-order valence-corrected chi connectivity index (χ1v) is 4.85. The number of rotatable bonds is 4. The van der Waals surface area contributed by atoms with Crippen molar-refractivity contribution in [1.29, 1.82) is 0 Å². The van der Waals surface area contributed by atoms with Gasteiger partial charge in [0.15, 0.2) is 0 Å². The third-order valence-corrected chi connectivity index (χ3v) is 0.907. The molecule has 0 heterocycles. The maximum absolute atomic E-state index is 10.1. The van der Waals surface area contributed by atoms with Gasteiger partial charge < -0.3 is 19.7 Å². The van der Waals surface area contributed by atoms with Crippen molar-refractivity contribution >= 4 is 18.1 Å². The van der Waals surface area contributed by atoms with Crippen LogP contribution in [0.2, 0.25) is 0 Å². The molecule has 0 aromatic rings. The standard InChI is InChI=1S/2C5H8O2.CH2O3/c2*1-3-5(6)7-4-2;2-1(3)4/h2*3H,1,4H2,2H3;(H2,2,3,4). The predicted octanol–water partition coefficient (Wildman–Crippen LogP) is 1.69. The maximum atomic E-state index is 10.1. The zero-order chi connectivity index (χ0) is 15.0. The molecule has 0 fully saturated rings. The van der Waals surface area contributed by atoms with Crippen molar-refractivity contribution in [2.75, 3.05) is 13.2 Å². The van der Waals surface area contributed by atoms with Gasteiger partial charge in [-0.3, -0.25) is 0 Å². The van der Waals surface area contributed by atoms with Crippen molar-refractivity contribution in [2.45, 2.75) is 13.8 Å². The van der Waals surface area contributed by atoms with Gasteiger partial charge in [0.25, 0.3) is 0 Å². The summed E-state index contributed by atoms with van der Waals surface area (Å²) < 4.78 is 8.87. The van der Waals surface area contributed by atoms with Crippen LogP contribution in [0.4, 0.5) is 4.79 Å². The molecule has 0 rings (SSSR count). The van der Waals surface area contributed by atoms with E-state index in [1.54, 1.807) is 13.8 Å². The van der Waals surface area contributed by atoms with Gasteiger partial charge in [0, 0.05) is 12.2 Å². The zero-order valence-electron chi connectivity index (χ0n) is 10.4. The molecule has 0 bridgehead atoms. The van der Waals surface area contributed by atoms with E-state index >= 15 is 0 Å². The first-order chi connectivity index (χ1) is 8.35. The van der Waals surface area contributed by atoms with E-state index in [9.17, 15) is 9.59 Å². The lowest BCUT2D eigenvalue weighted by Crippen LogP contribution is -1.97. The van der Waals surface area contributed by atoms with Gasteiger partial charge in [-0.25, -0.2) is 14.4 Å². The number of esters is 2. The molecule has 0 spiro atoms. The fraction of sp³-hybridized carbons (Fsp3) is 0.364. The molecule has 0 radical (unpaired) electrons. The van der Waals surface area contributed by atoms with Crippen LogP contribution < -0.4 is 0 Å². The SMILES string of the molecule is C=CC(=O)OCC.C=CC(=O)OCC.O=C(O)O. The van der Waals surface area contributed by atoms with E-state index in [0.29, 0.717) is 13.2 Å². The number of ether oxygens (including phenoxy) is 2. The number of hydrogen-bond acceptors (Lipinski definition) is 5. The lowest BCUT2D eigenvalue weighted by atomic mass is 10.6. The van der Waals surface area contributed by atoms with E-state index in [2.05, 4.69) is 22.6 Å². The highest BCUT2D eigenvalue weighted by Crippen LogP contribution is 1.75. The molecule has 2 N–H and O–H groups in total. The van der Waals surface area contributed by atoms with Crippen molar-refractivity contribution in [2.24, 2.45) is 0 Å². The summed E-state index contributed by atoms with van der Waals surface area (Å²) in [7, 11) is 0. The predicted molar refractivity (Wildman–Crippen MR) is 64.3 cm³/mol. The highest BCUT2D eigenvalue weighted by atomic mass is 16.6. The van der Waals surface area contributed by atoms with Crippen LogP contribution in [0.1, 0.15) is 13.8 Å². The van der Waals surface area contributed by atoms with Crippen LogP contribution in [-0.4, -0.2) is 41.5 Å². The largest absolute Gasteiger partial charge is 0.503 e. The molecule has 0 saturated carbocycles. The molecule has 0 aliphatic heterocycles. The molecule has 0 aliphatic carbocycles. The Bertz CT molecular complexity index is 245. The molecule has 0 amide bonds. The number of carboxylic acid groups (broad SMARTS) is 2. The summed E-state index contributed by atoms with van der Waals surface area (Å²) in [5.74, 6) is -0.718. The van der Waals surface area contributed by atoms with Crippen LogP contribution in [0, 0.1) is 0 Å². The van der Waals surface area contributed by atoms with Gasteiger partial charge >= 0.3 is 18.1 Å². The number of carbonyl (C=O) groups is 3. The highest BCUT2D eigenvalue weighted by Gasteiger charge is 1.87. The molecule has 0 aromatic carbocycles. The van der Waals surface area contributed by atoms with Gasteiger partial charge in [-0.1, -0.05) is 13.2 Å². The molecule has 0 atom stereocenters. The second-order valence-corrected chi connectivity index (χ2v) is 2.19. The lowest BCUT2D eigenvalue weighted by Gasteiger charge is -1.90. The summed E-state index contributed by atoms with van der Waals surface area (Å²) >= 11 is 0. The quantitative estimate of drug-likeness (QED) is 0.585. The lowest BCUT2D eigenvalue weighted by molar-refractivity contribution is -0.138. The first-order valence-electron chi connectivity index (χ1n) is 4.85. The van der Waals surface area contributed by atoms with Gasteiger partial charge in [0.05, 0.1) is 13.2 Å². The molecule has 0 aromatic heterocycles. The van der Waals surface area contributed by atoms with Crippen molar-refractivity contribution in [3.05, 3.63) is 25.3 Å². The summed E-state index contributed by atoms with van der Waals surface area (Å²) in [5, 5.41) is 13.9. The summed E-state index contributed by atoms with van der Waals surface area (Å²) in [4.78, 5) is 28.7. The Hall–Kier alpha value is -2.31. The van der Waals surface area contributed by atoms with Crippen molar-refractivity contribution < 1.29 is 34.1 Å². The minimum Gasteiger partial charge on any atom is -0.463 e. The Balaban J connectivity index is -0.000000196. The summed E-state index contributed by atoms with van der Waals surface area (Å²) in [6, 6.07) is 0. The minimum absolute atomic E-state index is 0.359. The molecular formula is C11H18O7. The molecule has 0 saturated heterocycles. The summed E-state index contributed by atoms with van der Waals surface area (Å²) in [5.41, 5.74) is 0. The third-order valence-electron chi connectivity index (χ3n) is 0.907.